The lowest BCUT2D eigenvalue weighted by Crippen LogP contribution is -2.14. The summed E-state index contributed by atoms with van der Waals surface area (Å²) < 4.78 is 26.4. The van der Waals surface area contributed by atoms with E-state index in [4.69, 9.17) is 0 Å². The van der Waals surface area contributed by atoms with Crippen LogP contribution in [0.5, 0.6) is 0 Å². The Morgan fingerprint density at radius 3 is 2.60 bits per heavy atom. The second-order valence-electron chi connectivity index (χ2n) is 3.51. The van der Waals surface area contributed by atoms with Crippen LogP contribution in [0.4, 0.5) is 14.5 Å². The van der Waals surface area contributed by atoms with Crippen LogP contribution in [0.1, 0.15) is 12.8 Å². The Morgan fingerprint density at radius 1 is 1.33 bits per heavy atom. The fraction of sp³-hybridized carbons (Fsp3) is 0.300. The SMILES string of the molecule is O=C(Nc1cc(F)c(Br)cc1F)C1CC1. The number of nitrogens with one attached hydrogen (secondary N) is 1. The summed E-state index contributed by atoms with van der Waals surface area (Å²) in [6, 6.07) is 1.97. The van der Waals surface area contributed by atoms with Gasteiger partial charge in [0.25, 0.3) is 0 Å². The molecule has 80 valence electrons. The Labute approximate surface area is 93.8 Å². The molecule has 2 rings (SSSR count). The van der Waals surface area contributed by atoms with Gasteiger partial charge < -0.3 is 5.32 Å². The van der Waals surface area contributed by atoms with Crippen LogP contribution >= 0.6 is 15.9 Å². The standard InChI is InChI=1S/C10H8BrF2NO/c11-6-3-8(13)9(4-7(6)12)14-10(15)5-1-2-5/h3-5H,1-2H2,(H,14,15). The molecule has 0 heterocycles. The van der Waals surface area contributed by atoms with Crippen molar-refractivity contribution in [3.8, 4) is 0 Å². The number of halogens is 3. The number of rotatable bonds is 2. The lowest BCUT2D eigenvalue weighted by molar-refractivity contribution is -0.117. The van der Waals surface area contributed by atoms with Crippen LogP contribution < -0.4 is 5.32 Å². The molecular weight excluding hydrogens is 268 g/mol. The number of amides is 1. The fourth-order valence-electron chi connectivity index (χ4n) is 1.20. The maximum Gasteiger partial charge on any atom is 0.227 e. The van der Waals surface area contributed by atoms with Gasteiger partial charge in [0.1, 0.15) is 11.6 Å². The van der Waals surface area contributed by atoms with E-state index in [1.54, 1.807) is 0 Å². The van der Waals surface area contributed by atoms with E-state index in [-0.39, 0.29) is 22.0 Å². The van der Waals surface area contributed by atoms with Crippen molar-refractivity contribution in [1.29, 1.82) is 0 Å². The highest BCUT2D eigenvalue weighted by atomic mass is 79.9. The van der Waals surface area contributed by atoms with Crippen LogP contribution in [0, 0.1) is 17.6 Å². The molecule has 0 spiro atoms. The minimum absolute atomic E-state index is 0.0314. The monoisotopic (exact) mass is 275 g/mol. The molecule has 1 fully saturated rings. The lowest BCUT2D eigenvalue weighted by atomic mass is 10.2. The first-order chi connectivity index (χ1) is 7.08. The first kappa shape index (κ1) is 10.5. The molecule has 1 saturated carbocycles. The molecule has 2 nitrogen and oxygen atoms in total. The topological polar surface area (TPSA) is 29.1 Å². The summed E-state index contributed by atoms with van der Waals surface area (Å²) >= 11 is 2.86. The number of benzene rings is 1. The van der Waals surface area contributed by atoms with Crippen LogP contribution in [0.25, 0.3) is 0 Å². The Hall–Kier alpha value is -0.970. The summed E-state index contributed by atoms with van der Waals surface area (Å²) in [5.74, 6) is -1.51. The first-order valence-electron chi connectivity index (χ1n) is 4.53. The van der Waals surface area contributed by atoms with Gasteiger partial charge in [-0.25, -0.2) is 8.78 Å². The summed E-state index contributed by atoms with van der Waals surface area (Å²) in [5.41, 5.74) is -0.104. The molecule has 5 heteroatoms. The zero-order valence-electron chi connectivity index (χ0n) is 7.69. The summed E-state index contributed by atoms with van der Waals surface area (Å²) in [7, 11) is 0. The summed E-state index contributed by atoms with van der Waals surface area (Å²) in [5, 5.41) is 2.37. The first-order valence-corrected chi connectivity index (χ1v) is 5.32. The van der Waals surface area contributed by atoms with Gasteiger partial charge in [0.15, 0.2) is 0 Å². The fourth-order valence-corrected chi connectivity index (χ4v) is 1.51. The Kier molecular flexibility index (Phi) is 2.73. The smallest absolute Gasteiger partial charge is 0.227 e. The van der Waals surface area contributed by atoms with Crippen molar-refractivity contribution < 1.29 is 13.6 Å². The average molecular weight is 276 g/mol. The van der Waals surface area contributed by atoms with Crippen LogP contribution in [-0.4, -0.2) is 5.91 Å². The molecule has 1 aliphatic rings. The molecule has 1 aromatic rings. The molecule has 0 saturated heterocycles. The van der Waals surface area contributed by atoms with Crippen molar-refractivity contribution in [3.05, 3.63) is 28.2 Å². The predicted molar refractivity (Wildman–Crippen MR) is 55.4 cm³/mol. The maximum atomic E-state index is 13.3. The molecule has 0 radical (unpaired) electrons. The third-order valence-electron chi connectivity index (χ3n) is 2.22. The zero-order valence-corrected chi connectivity index (χ0v) is 9.27. The summed E-state index contributed by atoms with van der Waals surface area (Å²) in [6.07, 6.45) is 1.65. The average Bonchev–Trinajstić information content (AvgIpc) is 2.97. The molecule has 0 bridgehead atoms. The largest absolute Gasteiger partial charge is 0.323 e. The lowest BCUT2D eigenvalue weighted by Gasteiger charge is -2.06. The van der Waals surface area contributed by atoms with E-state index >= 15 is 0 Å². The highest BCUT2D eigenvalue weighted by molar-refractivity contribution is 9.10. The van der Waals surface area contributed by atoms with Crippen molar-refractivity contribution >= 4 is 27.5 Å². The second-order valence-corrected chi connectivity index (χ2v) is 4.36. The molecule has 1 N–H and O–H groups in total. The third kappa shape index (κ3) is 2.34. The van der Waals surface area contributed by atoms with E-state index in [1.165, 1.54) is 0 Å². The van der Waals surface area contributed by atoms with E-state index in [1.807, 2.05) is 0 Å². The van der Waals surface area contributed by atoms with Gasteiger partial charge >= 0.3 is 0 Å². The predicted octanol–water partition coefficient (Wildman–Crippen LogP) is 3.08. The van der Waals surface area contributed by atoms with Crippen molar-refractivity contribution in [1.82, 2.24) is 0 Å². The van der Waals surface area contributed by atoms with E-state index in [0.717, 1.165) is 25.0 Å². The number of hydrogen-bond donors (Lipinski definition) is 1. The van der Waals surface area contributed by atoms with E-state index < -0.39 is 11.6 Å². The van der Waals surface area contributed by atoms with Gasteiger partial charge in [-0.1, -0.05) is 0 Å². The molecule has 1 amide bonds. The Morgan fingerprint density at radius 2 is 2.00 bits per heavy atom. The number of hydrogen-bond acceptors (Lipinski definition) is 1. The molecule has 0 aliphatic heterocycles. The molecule has 0 aromatic heterocycles. The van der Waals surface area contributed by atoms with Crippen molar-refractivity contribution in [2.24, 2.45) is 5.92 Å². The Balaban J connectivity index is 2.20. The highest BCUT2D eigenvalue weighted by Gasteiger charge is 2.30. The van der Waals surface area contributed by atoms with Gasteiger partial charge in [-0.3, -0.25) is 4.79 Å². The number of carbonyl (C=O) groups is 1. The maximum absolute atomic E-state index is 13.3. The third-order valence-corrected chi connectivity index (χ3v) is 2.82. The van der Waals surface area contributed by atoms with Crippen molar-refractivity contribution in [3.63, 3.8) is 0 Å². The van der Waals surface area contributed by atoms with Gasteiger partial charge in [-0.05, 0) is 34.8 Å². The van der Waals surface area contributed by atoms with Gasteiger partial charge in [-0.15, -0.1) is 0 Å². The second kappa shape index (κ2) is 3.89. The van der Waals surface area contributed by atoms with Gasteiger partial charge in [-0.2, -0.15) is 0 Å². The molecule has 1 aromatic carbocycles. The van der Waals surface area contributed by atoms with E-state index in [9.17, 15) is 13.6 Å². The molecule has 0 atom stereocenters. The zero-order chi connectivity index (χ0) is 11.0. The van der Waals surface area contributed by atoms with Crippen molar-refractivity contribution in [2.45, 2.75) is 12.8 Å². The molecule has 15 heavy (non-hydrogen) atoms. The van der Waals surface area contributed by atoms with Crippen molar-refractivity contribution in [2.75, 3.05) is 5.32 Å². The van der Waals surface area contributed by atoms with Crippen LogP contribution in [-0.2, 0) is 4.79 Å². The van der Waals surface area contributed by atoms with Crippen LogP contribution in [0.2, 0.25) is 0 Å². The van der Waals surface area contributed by atoms with Crippen LogP contribution in [0.3, 0.4) is 0 Å². The number of anilines is 1. The molecule has 0 unspecified atom stereocenters. The van der Waals surface area contributed by atoms with Gasteiger partial charge in [0.2, 0.25) is 5.91 Å². The van der Waals surface area contributed by atoms with E-state index in [2.05, 4.69) is 21.2 Å². The quantitative estimate of drug-likeness (QED) is 0.826. The van der Waals surface area contributed by atoms with Gasteiger partial charge in [0, 0.05) is 12.0 Å². The Bertz CT molecular complexity index is 418. The summed E-state index contributed by atoms with van der Waals surface area (Å²) in [6.45, 7) is 0. The minimum atomic E-state index is -0.641. The number of carbonyl (C=O) groups excluding carboxylic acids is 1. The van der Waals surface area contributed by atoms with Crippen LogP contribution in [0.15, 0.2) is 16.6 Å². The van der Waals surface area contributed by atoms with Gasteiger partial charge in [0.05, 0.1) is 10.2 Å². The normalized spacial score (nSPS) is 15.1. The van der Waals surface area contributed by atoms with E-state index in [0.29, 0.717) is 0 Å². The molecular formula is C10H8BrF2NO. The molecule has 1 aliphatic carbocycles. The minimum Gasteiger partial charge on any atom is -0.323 e. The summed E-state index contributed by atoms with van der Waals surface area (Å²) in [4.78, 5) is 11.3. The highest BCUT2D eigenvalue weighted by Crippen LogP contribution is 2.31.